The molecule has 0 aliphatic rings. The van der Waals surface area contributed by atoms with E-state index in [1.54, 1.807) is 27.8 Å². The first-order chi connectivity index (χ1) is 17.0. The smallest absolute Gasteiger partial charge is 0.259 e. The zero-order valence-corrected chi connectivity index (χ0v) is 19.9. The maximum Gasteiger partial charge on any atom is 0.259 e. The Morgan fingerprint density at radius 3 is 2.40 bits per heavy atom. The van der Waals surface area contributed by atoms with Crippen molar-refractivity contribution in [3.05, 3.63) is 72.6 Å². The molecule has 0 aliphatic heterocycles. The van der Waals surface area contributed by atoms with Crippen molar-refractivity contribution in [2.24, 2.45) is 14.1 Å². The number of rotatable bonds is 7. The maximum atomic E-state index is 13.0. The van der Waals surface area contributed by atoms with E-state index in [1.165, 1.54) is 14.2 Å². The van der Waals surface area contributed by atoms with Crippen LogP contribution in [-0.2, 0) is 20.6 Å². The van der Waals surface area contributed by atoms with E-state index in [-0.39, 0.29) is 5.91 Å². The third-order valence-corrected chi connectivity index (χ3v) is 5.78. The van der Waals surface area contributed by atoms with E-state index < -0.39 is 0 Å². The van der Waals surface area contributed by atoms with Gasteiger partial charge in [0.1, 0.15) is 23.4 Å². The second-order valence-electron chi connectivity index (χ2n) is 8.11. The first-order valence-electron chi connectivity index (χ1n) is 11.0. The molecule has 178 valence electrons. The largest absolute Gasteiger partial charge is 0.496 e. The summed E-state index contributed by atoms with van der Waals surface area (Å²) >= 11 is 0. The molecule has 0 unspecified atom stereocenters. The standard InChI is InChI=1S/C25H25N7O3/c1-30-8-7-18(29-30)13-26-25(33)24-22(34-3)10-19(11-23(24)35-4)32-15-27-20-9-16(5-6-21(20)32)17-12-28-31(2)14-17/h5-12,14-15H,13H2,1-4H3,(H,26,33). The Kier molecular flexibility index (Phi) is 5.69. The highest BCUT2D eigenvalue weighted by molar-refractivity contribution is 6.00. The average Bonchev–Trinajstić information content (AvgIpc) is 3.60. The van der Waals surface area contributed by atoms with E-state index in [9.17, 15) is 4.79 Å². The third-order valence-electron chi connectivity index (χ3n) is 5.78. The molecule has 3 heterocycles. The number of methoxy groups -OCH3 is 2. The van der Waals surface area contributed by atoms with Gasteiger partial charge in [-0.15, -0.1) is 0 Å². The van der Waals surface area contributed by atoms with Gasteiger partial charge in [-0.05, 0) is 23.8 Å². The number of hydrogen-bond acceptors (Lipinski definition) is 6. The SMILES string of the molecule is COc1cc(-n2cnc3cc(-c4cnn(C)c4)ccc32)cc(OC)c1C(=O)NCc1ccn(C)n1. The molecule has 0 aliphatic carbocycles. The quantitative estimate of drug-likeness (QED) is 0.391. The van der Waals surface area contributed by atoms with E-state index in [0.29, 0.717) is 23.6 Å². The van der Waals surface area contributed by atoms with Crippen LogP contribution in [0.2, 0.25) is 0 Å². The lowest BCUT2D eigenvalue weighted by molar-refractivity contribution is 0.0944. The molecular formula is C25H25N7O3. The summed E-state index contributed by atoms with van der Waals surface area (Å²) in [5.41, 5.74) is 5.63. The van der Waals surface area contributed by atoms with Crippen LogP contribution in [0.3, 0.4) is 0 Å². The molecule has 10 heteroatoms. The minimum atomic E-state index is -0.312. The van der Waals surface area contributed by atoms with Gasteiger partial charge in [0, 0.05) is 44.2 Å². The first kappa shape index (κ1) is 22.2. The molecule has 3 aromatic heterocycles. The summed E-state index contributed by atoms with van der Waals surface area (Å²) in [4.78, 5) is 17.6. The predicted octanol–water partition coefficient (Wildman–Crippen LogP) is 3.11. The van der Waals surface area contributed by atoms with Crippen LogP contribution >= 0.6 is 0 Å². The van der Waals surface area contributed by atoms with Crippen molar-refractivity contribution < 1.29 is 14.3 Å². The van der Waals surface area contributed by atoms with Crippen molar-refractivity contribution in [2.45, 2.75) is 6.54 Å². The molecule has 2 aromatic carbocycles. The number of nitrogens with one attached hydrogen (secondary N) is 1. The Morgan fingerprint density at radius 1 is 1.00 bits per heavy atom. The molecule has 10 nitrogen and oxygen atoms in total. The highest BCUT2D eigenvalue weighted by atomic mass is 16.5. The highest BCUT2D eigenvalue weighted by Gasteiger charge is 2.21. The van der Waals surface area contributed by atoms with Crippen LogP contribution in [-0.4, -0.2) is 49.2 Å². The number of ether oxygens (including phenoxy) is 2. The maximum absolute atomic E-state index is 13.0. The number of imidazole rings is 1. The van der Waals surface area contributed by atoms with Crippen molar-refractivity contribution in [1.82, 2.24) is 34.4 Å². The minimum Gasteiger partial charge on any atom is -0.496 e. The van der Waals surface area contributed by atoms with E-state index in [4.69, 9.17) is 9.47 Å². The van der Waals surface area contributed by atoms with E-state index in [2.05, 4.69) is 20.5 Å². The summed E-state index contributed by atoms with van der Waals surface area (Å²) in [5.74, 6) is 0.478. The van der Waals surface area contributed by atoms with Gasteiger partial charge in [0.25, 0.3) is 5.91 Å². The fourth-order valence-electron chi connectivity index (χ4n) is 4.05. The Hall–Kier alpha value is -4.60. The summed E-state index contributed by atoms with van der Waals surface area (Å²) in [7, 11) is 6.77. The zero-order chi connectivity index (χ0) is 24.5. The molecule has 35 heavy (non-hydrogen) atoms. The van der Waals surface area contributed by atoms with Gasteiger partial charge in [-0.25, -0.2) is 4.98 Å². The fraction of sp³-hybridized carbons (Fsp3) is 0.200. The van der Waals surface area contributed by atoms with Gasteiger partial charge >= 0.3 is 0 Å². The summed E-state index contributed by atoms with van der Waals surface area (Å²) in [6.45, 7) is 0.291. The predicted molar refractivity (Wildman–Crippen MR) is 131 cm³/mol. The normalized spacial score (nSPS) is 11.1. The Labute approximate surface area is 201 Å². The molecule has 0 bridgehead atoms. The van der Waals surface area contributed by atoms with Crippen LogP contribution in [0.25, 0.3) is 27.8 Å². The van der Waals surface area contributed by atoms with Crippen molar-refractivity contribution in [3.63, 3.8) is 0 Å². The van der Waals surface area contributed by atoms with Gasteiger partial charge in [-0.2, -0.15) is 10.2 Å². The molecule has 1 N–H and O–H groups in total. The molecule has 0 saturated heterocycles. The summed E-state index contributed by atoms with van der Waals surface area (Å²) in [5, 5.41) is 11.4. The van der Waals surface area contributed by atoms with E-state index in [1.807, 2.05) is 61.5 Å². The fourth-order valence-corrected chi connectivity index (χ4v) is 4.05. The number of amides is 1. The number of hydrogen-bond donors (Lipinski definition) is 1. The second-order valence-corrected chi connectivity index (χ2v) is 8.11. The molecule has 5 aromatic rings. The monoisotopic (exact) mass is 471 g/mol. The Balaban J connectivity index is 1.49. The zero-order valence-electron chi connectivity index (χ0n) is 19.9. The van der Waals surface area contributed by atoms with Gasteiger partial charge in [0.05, 0.1) is 49.4 Å². The lowest BCUT2D eigenvalue weighted by Gasteiger charge is -2.16. The molecular weight excluding hydrogens is 446 g/mol. The number of fused-ring (bicyclic) bond motifs is 1. The van der Waals surface area contributed by atoms with Gasteiger partial charge < -0.3 is 14.8 Å². The number of nitrogens with zero attached hydrogens (tertiary/aromatic N) is 6. The minimum absolute atomic E-state index is 0.291. The van der Waals surface area contributed by atoms with Crippen LogP contribution in [0.15, 0.2) is 61.3 Å². The van der Waals surface area contributed by atoms with Crippen molar-refractivity contribution >= 4 is 16.9 Å². The molecule has 5 rings (SSSR count). The van der Waals surface area contributed by atoms with Gasteiger partial charge in [0.2, 0.25) is 0 Å². The third kappa shape index (κ3) is 4.21. The molecule has 0 radical (unpaired) electrons. The van der Waals surface area contributed by atoms with Crippen LogP contribution in [0.1, 0.15) is 16.1 Å². The van der Waals surface area contributed by atoms with E-state index in [0.717, 1.165) is 33.5 Å². The lowest BCUT2D eigenvalue weighted by atomic mass is 10.1. The van der Waals surface area contributed by atoms with Gasteiger partial charge in [-0.3, -0.25) is 18.7 Å². The number of benzene rings is 2. The lowest BCUT2D eigenvalue weighted by Crippen LogP contribution is -2.24. The second kappa shape index (κ2) is 8.98. The van der Waals surface area contributed by atoms with Gasteiger partial charge in [0.15, 0.2) is 0 Å². The summed E-state index contributed by atoms with van der Waals surface area (Å²) in [6, 6.07) is 11.5. The van der Waals surface area contributed by atoms with E-state index >= 15 is 0 Å². The average molecular weight is 472 g/mol. The van der Waals surface area contributed by atoms with Crippen LogP contribution < -0.4 is 14.8 Å². The number of carbonyl (C=O) groups is 1. The molecule has 0 spiro atoms. The van der Waals surface area contributed by atoms with Crippen LogP contribution in [0, 0.1) is 0 Å². The molecule has 0 fully saturated rings. The van der Waals surface area contributed by atoms with Crippen LogP contribution in [0.4, 0.5) is 0 Å². The Bertz CT molecular complexity index is 1500. The molecule has 1 amide bonds. The number of aryl methyl sites for hydroxylation is 2. The van der Waals surface area contributed by atoms with Crippen molar-refractivity contribution in [2.75, 3.05) is 14.2 Å². The number of carbonyl (C=O) groups excluding carboxylic acids is 1. The number of aromatic nitrogens is 6. The van der Waals surface area contributed by atoms with Crippen molar-refractivity contribution in [1.29, 1.82) is 0 Å². The topological polar surface area (TPSA) is 101 Å². The summed E-state index contributed by atoms with van der Waals surface area (Å²) < 4.78 is 16.6. The molecule has 0 saturated carbocycles. The van der Waals surface area contributed by atoms with Gasteiger partial charge in [-0.1, -0.05) is 6.07 Å². The van der Waals surface area contributed by atoms with Crippen molar-refractivity contribution in [3.8, 4) is 28.3 Å². The highest BCUT2D eigenvalue weighted by Crippen LogP contribution is 2.34. The van der Waals surface area contributed by atoms with Crippen LogP contribution in [0.5, 0.6) is 11.5 Å². The molecule has 0 atom stereocenters. The first-order valence-corrected chi connectivity index (χ1v) is 11.0. The summed E-state index contributed by atoms with van der Waals surface area (Å²) in [6.07, 6.45) is 7.36. The Morgan fingerprint density at radius 2 is 1.77 bits per heavy atom.